The summed E-state index contributed by atoms with van der Waals surface area (Å²) in [5, 5.41) is 8.44. The van der Waals surface area contributed by atoms with Gasteiger partial charge in [-0.1, -0.05) is 55.0 Å². The molecule has 1 unspecified atom stereocenters. The molecule has 5 N–H and O–H groups in total. The summed E-state index contributed by atoms with van der Waals surface area (Å²) in [5.74, 6) is -1.43. The third kappa shape index (κ3) is 13.7. The van der Waals surface area contributed by atoms with Crippen LogP contribution in [0.3, 0.4) is 0 Å². The number of rotatable bonds is 16. The number of carbonyl (C=O) groups is 4. The number of allylic oxidation sites excluding steroid dienone is 2. The molecule has 0 spiro atoms. The zero-order valence-corrected chi connectivity index (χ0v) is 23.2. The minimum absolute atomic E-state index is 0.150. The molecule has 194 valence electrons. The van der Waals surface area contributed by atoms with Crippen molar-refractivity contribution in [1.82, 2.24) is 16.0 Å². The average molecular weight is 515 g/mol. The maximum atomic E-state index is 12.8. The van der Waals surface area contributed by atoms with Crippen LogP contribution in [0.4, 0.5) is 0 Å². The molecule has 0 aromatic rings. The van der Waals surface area contributed by atoms with E-state index in [4.69, 9.17) is 5.73 Å². The molecule has 0 aliphatic carbocycles. The van der Waals surface area contributed by atoms with Gasteiger partial charge >= 0.3 is 0 Å². The van der Waals surface area contributed by atoms with Crippen LogP contribution >= 0.6 is 21.6 Å². The molecule has 0 radical (unpaired) electrons. The number of carbonyl (C=O) groups excluding carboxylic acids is 4. The Balaban J connectivity index is 4.75. The van der Waals surface area contributed by atoms with Crippen LogP contribution in [-0.2, 0) is 19.2 Å². The topological polar surface area (TPSA) is 130 Å². The lowest BCUT2D eigenvalue weighted by molar-refractivity contribution is -0.132. The average Bonchev–Trinajstić information content (AvgIpc) is 2.76. The predicted octanol–water partition coefficient (Wildman–Crippen LogP) is 3.43. The highest BCUT2D eigenvalue weighted by atomic mass is 33.1. The van der Waals surface area contributed by atoms with Gasteiger partial charge in [-0.15, -0.1) is 0 Å². The Labute approximate surface area is 212 Å². The molecule has 0 saturated carbocycles. The zero-order chi connectivity index (χ0) is 26.5. The number of amides is 4. The number of nitrogens with two attached hydrogens (primary N) is 1. The normalized spacial score (nSPS) is 14.6. The highest BCUT2D eigenvalue weighted by molar-refractivity contribution is 8.77. The van der Waals surface area contributed by atoms with Gasteiger partial charge in [0, 0.05) is 28.5 Å². The van der Waals surface area contributed by atoms with Crippen molar-refractivity contribution in [3.8, 4) is 0 Å². The van der Waals surface area contributed by atoms with E-state index < -0.39 is 18.0 Å². The molecular weight excluding hydrogens is 472 g/mol. The predicted molar refractivity (Wildman–Crippen MR) is 143 cm³/mol. The molecule has 10 heteroatoms. The van der Waals surface area contributed by atoms with Crippen molar-refractivity contribution in [1.29, 1.82) is 0 Å². The molecule has 0 fully saturated rings. The summed E-state index contributed by atoms with van der Waals surface area (Å²) in [4.78, 5) is 48.6. The monoisotopic (exact) mass is 514 g/mol. The van der Waals surface area contributed by atoms with Gasteiger partial charge in [0.25, 0.3) is 0 Å². The van der Waals surface area contributed by atoms with Crippen LogP contribution in [0.5, 0.6) is 0 Å². The van der Waals surface area contributed by atoms with Gasteiger partial charge in [-0.2, -0.15) is 0 Å². The third-order valence-corrected chi connectivity index (χ3v) is 8.95. The van der Waals surface area contributed by atoms with Gasteiger partial charge in [-0.3, -0.25) is 19.2 Å². The lowest BCUT2D eigenvalue weighted by atomic mass is 10.0. The van der Waals surface area contributed by atoms with E-state index in [-0.39, 0.29) is 40.1 Å². The smallest absolute Gasteiger partial charge is 0.246 e. The van der Waals surface area contributed by atoms with Crippen LogP contribution in [0.1, 0.15) is 74.1 Å². The Morgan fingerprint density at radius 2 is 1.65 bits per heavy atom. The van der Waals surface area contributed by atoms with Gasteiger partial charge in [0.15, 0.2) is 0 Å². The van der Waals surface area contributed by atoms with E-state index in [9.17, 15) is 19.2 Å². The Morgan fingerprint density at radius 3 is 2.15 bits per heavy atom. The van der Waals surface area contributed by atoms with Crippen molar-refractivity contribution in [2.75, 3.05) is 0 Å². The van der Waals surface area contributed by atoms with Gasteiger partial charge in [0.05, 0.1) is 0 Å². The van der Waals surface area contributed by atoms with Crippen molar-refractivity contribution in [2.24, 2.45) is 11.7 Å². The quantitative estimate of drug-likeness (QED) is 0.184. The second kappa shape index (κ2) is 15.9. The maximum Gasteiger partial charge on any atom is 0.246 e. The van der Waals surface area contributed by atoms with Crippen LogP contribution in [0.2, 0.25) is 0 Å². The van der Waals surface area contributed by atoms with Gasteiger partial charge in [-0.25, -0.2) is 0 Å². The minimum Gasteiger partial charge on any atom is -0.370 e. The van der Waals surface area contributed by atoms with Crippen LogP contribution in [0.25, 0.3) is 0 Å². The summed E-state index contributed by atoms with van der Waals surface area (Å²) in [6, 6.07) is -1.52. The summed E-state index contributed by atoms with van der Waals surface area (Å²) in [6.07, 6.45) is 5.20. The Kier molecular flexibility index (Phi) is 15.0. The molecule has 8 nitrogen and oxygen atoms in total. The van der Waals surface area contributed by atoms with Gasteiger partial charge in [0.2, 0.25) is 23.6 Å². The second-order valence-electron chi connectivity index (χ2n) is 9.21. The van der Waals surface area contributed by atoms with Crippen molar-refractivity contribution < 1.29 is 19.2 Å². The van der Waals surface area contributed by atoms with Crippen molar-refractivity contribution in [2.45, 2.75) is 96.2 Å². The fraction of sp³-hybridized carbons (Fsp3) is 0.667. The van der Waals surface area contributed by atoms with Gasteiger partial charge < -0.3 is 21.7 Å². The van der Waals surface area contributed by atoms with Crippen LogP contribution in [-0.4, -0.2) is 45.7 Å². The van der Waals surface area contributed by atoms with Crippen LogP contribution < -0.4 is 21.7 Å². The summed E-state index contributed by atoms with van der Waals surface area (Å²) < 4.78 is -0.166. The fourth-order valence-corrected chi connectivity index (χ4v) is 5.34. The van der Waals surface area contributed by atoms with E-state index >= 15 is 0 Å². The SMILES string of the molecule is C=C/C(=C\C)NC(=O)[C@H](C)NC(=O)[C@@H](NC(=O)CCC(C)(C)SSC(C)CCC(N)=O)C(C)C. The molecule has 4 amide bonds. The molecular formula is C24H42N4O4S2. The Bertz CT molecular complexity index is 753. The lowest BCUT2D eigenvalue weighted by Crippen LogP contribution is -2.54. The first-order chi connectivity index (χ1) is 15.7. The number of nitrogens with one attached hydrogen (secondary N) is 3. The van der Waals surface area contributed by atoms with E-state index in [0.29, 0.717) is 18.5 Å². The molecule has 34 heavy (non-hydrogen) atoms. The number of hydrogen-bond donors (Lipinski definition) is 4. The number of primary amides is 1. The molecule has 0 aliphatic rings. The number of hydrogen-bond acceptors (Lipinski definition) is 6. The summed E-state index contributed by atoms with van der Waals surface area (Å²) >= 11 is 0. The van der Waals surface area contributed by atoms with Crippen LogP contribution in [0.15, 0.2) is 24.4 Å². The first-order valence-corrected chi connectivity index (χ1v) is 13.8. The summed E-state index contributed by atoms with van der Waals surface area (Å²) in [5.41, 5.74) is 5.76. The van der Waals surface area contributed by atoms with Crippen LogP contribution in [0, 0.1) is 5.92 Å². The molecule has 0 bridgehead atoms. The van der Waals surface area contributed by atoms with E-state index in [1.165, 1.54) is 6.08 Å². The minimum atomic E-state index is -0.774. The summed E-state index contributed by atoms with van der Waals surface area (Å²) in [6.45, 7) is 16.8. The fourth-order valence-electron chi connectivity index (χ4n) is 2.70. The van der Waals surface area contributed by atoms with E-state index in [0.717, 1.165) is 6.42 Å². The molecule has 0 aromatic carbocycles. The van der Waals surface area contributed by atoms with E-state index in [1.807, 2.05) is 20.8 Å². The standard InChI is InChI=1S/C24H42N4O4S2/c1-9-18(10-2)27-22(31)17(6)26-23(32)21(15(3)4)28-20(30)13-14-24(7,8)34-33-16(5)11-12-19(25)29/h9-10,15-17,21H,1,11-14H2,2-8H3,(H2,25,29)(H,26,32)(H,27,31)(H,28,30)/b18-10+/t16?,17-,21-/m0/s1. The second-order valence-corrected chi connectivity index (χ2v) is 12.6. The Morgan fingerprint density at radius 1 is 1.03 bits per heavy atom. The molecule has 0 rings (SSSR count). The first-order valence-electron chi connectivity index (χ1n) is 11.5. The lowest BCUT2D eigenvalue weighted by Gasteiger charge is -2.26. The Hall–Kier alpha value is -1.94. The van der Waals surface area contributed by atoms with Gasteiger partial charge in [-0.05, 0) is 52.5 Å². The molecule has 0 heterocycles. The van der Waals surface area contributed by atoms with Crippen molar-refractivity contribution >= 4 is 45.2 Å². The molecule has 0 aromatic heterocycles. The zero-order valence-electron chi connectivity index (χ0n) is 21.5. The van der Waals surface area contributed by atoms with Crippen molar-refractivity contribution in [3.63, 3.8) is 0 Å². The highest BCUT2D eigenvalue weighted by Crippen LogP contribution is 2.42. The van der Waals surface area contributed by atoms with Gasteiger partial charge in [0.1, 0.15) is 12.1 Å². The van der Waals surface area contributed by atoms with E-state index in [2.05, 4.69) is 36.4 Å². The van der Waals surface area contributed by atoms with Crippen molar-refractivity contribution in [3.05, 3.63) is 24.4 Å². The molecule has 3 atom stereocenters. The largest absolute Gasteiger partial charge is 0.370 e. The molecule has 0 saturated heterocycles. The maximum absolute atomic E-state index is 12.8. The third-order valence-electron chi connectivity index (χ3n) is 5.01. The molecule has 0 aliphatic heterocycles. The first kappa shape index (κ1) is 32.1. The summed E-state index contributed by atoms with van der Waals surface area (Å²) in [7, 11) is 3.36. The van der Waals surface area contributed by atoms with E-state index in [1.54, 1.807) is 41.5 Å². The highest BCUT2D eigenvalue weighted by Gasteiger charge is 2.28.